The van der Waals surface area contributed by atoms with Gasteiger partial charge in [0.1, 0.15) is 6.04 Å². The molecule has 1 aromatic rings. The number of benzene rings is 1. The lowest BCUT2D eigenvalue weighted by atomic mass is 10.1. The Labute approximate surface area is 168 Å². The highest BCUT2D eigenvalue weighted by Crippen LogP contribution is 2.06. The highest BCUT2D eigenvalue weighted by Gasteiger charge is 2.22. The smallest absolute Gasteiger partial charge is 0.328 e. The van der Waals surface area contributed by atoms with Crippen molar-refractivity contribution in [3.8, 4) is 0 Å². The molecule has 0 bridgehead atoms. The van der Waals surface area contributed by atoms with Crippen LogP contribution in [0.1, 0.15) is 64.4 Å². The van der Waals surface area contributed by atoms with E-state index in [0.717, 1.165) is 24.8 Å². The summed E-state index contributed by atoms with van der Waals surface area (Å²) >= 11 is 0. The zero-order valence-corrected chi connectivity index (χ0v) is 17.2. The van der Waals surface area contributed by atoms with Crippen LogP contribution in [0, 0.1) is 0 Å². The van der Waals surface area contributed by atoms with E-state index in [1.807, 2.05) is 30.3 Å². The van der Waals surface area contributed by atoms with Crippen LogP contribution in [0.4, 0.5) is 0 Å². The van der Waals surface area contributed by atoms with Crippen molar-refractivity contribution in [1.29, 1.82) is 0 Å². The minimum atomic E-state index is -0.712. The first-order chi connectivity index (χ1) is 13.6. The van der Waals surface area contributed by atoms with Gasteiger partial charge in [-0.3, -0.25) is 9.59 Å². The Kier molecular flexibility index (Phi) is 12.4. The number of unbranched alkanes of at least 4 members (excludes halogenated alkanes) is 2. The number of carbonyl (C=O) groups is 3. The molecule has 0 saturated heterocycles. The van der Waals surface area contributed by atoms with Crippen molar-refractivity contribution < 1.29 is 19.1 Å². The molecule has 0 aliphatic rings. The number of rotatable bonds is 14. The lowest BCUT2D eigenvalue weighted by Crippen LogP contribution is -2.42. The van der Waals surface area contributed by atoms with Crippen LogP contribution >= 0.6 is 0 Å². The fourth-order valence-corrected chi connectivity index (χ4v) is 2.82. The summed E-state index contributed by atoms with van der Waals surface area (Å²) in [6.07, 6.45) is 5.34. The number of ether oxygens (including phenoxy) is 1. The molecule has 0 fully saturated rings. The molecular formula is C22H34N2O4. The number of hydrogen-bond donors (Lipinski definition) is 2. The van der Waals surface area contributed by atoms with E-state index < -0.39 is 12.0 Å². The first-order valence-electron chi connectivity index (χ1n) is 10.3. The third-order valence-corrected chi connectivity index (χ3v) is 4.39. The van der Waals surface area contributed by atoms with Gasteiger partial charge in [0.2, 0.25) is 11.8 Å². The molecular weight excluding hydrogens is 356 g/mol. The molecule has 28 heavy (non-hydrogen) atoms. The quantitative estimate of drug-likeness (QED) is 0.377. The van der Waals surface area contributed by atoms with Crippen LogP contribution in [-0.2, 0) is 25.5 Å². The summed E-state index contributed by atoms with van der Waals surface area (Å²) in [7, 11) is 0. The van der Waals surface area contributed by atoms with Crippen LogP contribution < -0.4 is 10.6 Å². The molecule has 0 heterocycles. The SMILES string of the molecule is CCCCCNC(=O)CCCC(NC(=O)CCc1ccccc1)C(=O)OCC. The summed E-state index contributed by atoms with van der Waals surface area (Å²) in [5, 5.41) is 5.64. The third kappa shape index (κ3) is 10.7. The highest BCUT2D eigenvalue weighted by molar-refractivity contribution is 5.84. The molecule has 0 aromatic heterocycles. The van der Waals surface area contributed by atoms with Crippen molar-refractivity contribution in [3.05, 3.63) is 35.9 Å². The Balaban J connectivity index is 2.39. The number of carbonyl (C=O) groups excluding carboxylic acids is 3. The summed E-state index contributed by atoms with van der Waals surface area (Å²) < 4.78 is 5.06. The van der Waals surface area contributed by atoms with Crippen molar-refractivity contribution >= 4 is 17.8 Å². The minimum absolute atomic E-state index is 0.0193. The summed E-state index contributed by atoms with van der Waals surface area (Å²) in [5.41, 5.74) is 1.07. The first kappa shape index (κ1) is 23.7. The molecule has 0 aliphatic carbocycles. The van der Waals surface area contributed by atoms with Gasteiger partial charge in [0.15, 0.2) is 0 Å². The van der Waals surface area contributed by atoms with E-state index in [2.05, 4.69) is 17.6 Å². The van der Waals surface area contributed by atoms with Crippen LogP contribution in [0.2, 0.25) is 0 Å². The Hall–Kier alpha value is -2.37. The number of esters is 1. The molecule has 0 saturated carbocycles. The average Bonchev–Trinajstić information content (AvgIpc) is 2.70. The standard InChI is InChI=1S/C22H34N2O4/c1-3-5-9-17-23-20(25)14-10-13-19(22(27)28-4-2)24-21(26)16-15-18-11-7-6-8-12-18/h6-8,11-12,19H,3-5,9-10,13-17H2,1-2H3,(H,23,25)(H,24,26). The van der Waals surface area contributed by atoms with Gasteiger partial charge in [0.25, 0.3) is 0 Å². The van der Waals surface area contributed by atoms with Crippen LogP contribution in [0.5, 0.6) is 0 Å². The lowest BCUT2D eigenvalue weighted by Gasteiger charge is -2.17. The predicted molar refractivity (Wildman–Crippen MR) is 110 cm³/mol. The monoisotopic (exact) mass is 390 g/mol. The first-order valence-corrected chi connectivity index (χ1v) is 10.3. The number of hydrogen-bond acceptors (Lipinski definition) is 4. The van der Waals surface area contributed by atoms with Crippen LogP contribution in [0.25, 0.3) is 0 Å². The maximum atomic E-state index is 12.2. The topological polar surface area (TPSA) is 84.5 Å². The lowest BCUT2D eigenvalue weighted by molar-refractivity contribution is -0.147. The minimum Gasteiger partial charge on any atom is -0.464 e. The molecule has 156 valence electrons. The maximum Gasteiger partial charge on any atom is 0.328 e. The molecule has 0 radical (unpaired) electrons. The Bertz CT molecular complexity index is 589. The van der Waals surface area contributed by atoms with E-state index in [-0.39, 0.29) is 18.4 Å². The van der Waals surface area contributed by atoms with Gasteiger partial charge in [-0.05, 0) is 38.2 Å². The predicted octanol–water partition coefficient (Wildman–Crippen LogP) is 3.14. The van der Waals surface area contributed by atoms with Gasteiger partial charge in [-0.1, -0.05) is 50.1 Å². The molecule has 2 amide bonds. The number of nitrogens with one attached hydrogen (secondary N) is 2. The molecule has 0 aliphatic heterocycles. The van der Waals surface area contributed by atoms with Gasteiger partial charge in [0.05, 0.1) is 6.61 Å². The Morgan fingerprint density at radius 1 is 0.964 bits per heavy atom. The van der Waals surface area contributed by atoms with E-state index in [4.69, 9.17) is 4.74 Å². The summed E-state index contributed by atoms with van der Waals surface area (Å²) in [6.45, 7) is 4.79. The largest absolute Gasteiger partial charge is 0.464 e. The van der Waals surface area contributed by atoms with Gasteiger partial charge in [-0.2, -0.15) is 0 Å². The summed E-state index contributed by atoms with van der Waals surface area (Å²) in [5.74, 6) is -0.654. The normalized spacial score (nSPS) is 11.5. The highest BCUT2D eigenvalue weighted by atomic mass is 16.5. The summed E-state index contributed by atoms with van der Waals surface area (Å²) in [4.78, 5) is 36.2. The second kappa shape index (κ2) is 14.7. The zero-order valence-electron chi connectivity index (χ0n) is 17.2. The molecule has 6 heteroatoms. The Morgan fingerprint density at radius 3 is 2.39 bits per heavy atom. The van der Waals surface area contributed by atoms with Crippen LogP contribution in [0.3, 0.4) is 0 Å². The van der Waals surface area contributed by atoms with Gasteiger partial charge < -0.3 is 15.4 Å². The second-order valence-electron chi connectivity index (χ2n) is 6.81. The van der Waals surface area contributed by atoms with Gasteiger partial charge in [-0.15, -0.1) is 0 Å². The van der Waals surface area contributed by atoms with E-state index in [0.29, 0.717) is 38.6 Å². The van der Waals surface area contributed by atoms with Crippen LogP contribution in [-0.4, -0.2) is 37.0 Å². The van der Waals surface area contributed by atoms with Crippen molar-refractivity contribution in [2.75, 3.05) is 13.2 Å². The third-order valence-electron chi connectivity index (χ3n) is 4.39. The molecule has 1 rings (SSSR count). The van der Waals surface area contributed by atoms with E-state index >= 15 is 0 Å². The second-order valence-corrected chi connectivity index (χ2v) is 6.81. The molecule has 1 unspecified atom stereocenters. The summed E-state index contributed by atoms with van der Waals surface area (Å²) in [6, 6.07) is 9.02. The van der Waals surface area contributed by atoms with E-state index in [1.54, 1.807) is 6.92 Å². The fourth-order valence-electron chi connectivity index (χ4n) is 2.82. The number of aryl methyl sites for hydroxylation is 1. The molecule has 2 N–H and O–H groups in total. The molecule has 0 spiro atoms. The Morgan fingerprint density at radius 2 is 1.71 bits per heavy atom. The molecule has 1 atom stereocenters. The van der Waals surface area contributed by atoms with Crippen LogP contribution in [0.15, 0.2) is 30.3 Å². The van der Waals surface area contributed by atoms with E-state index in [9.17, 15) is 14.4 Å². The maximum absolute atomic E-state index is 12.2. The van der Waals surface area contributed by atoms with Crippen molar-refractivity contribution in [1.82, 2.24) is 10.6 Å². The molecule has 6 nitrogen and oxygen atoms in total. The van der Waals surface area contributed by atoms with Gasteiger partial charge in [-0.25, -0.2) is 4.79 Å². The average molecular weight is 391 g/mol. The van der Waals surface area contributed by atoms with Gasteiger partial charge >= 0.3 is 5.97 Å². The number of amides is 2. The van der Waals surface area contributed by atoms with Crippen molar-refractivity contribution in [2.24, 2.45) is 0 Å². The van der Waals surface area contributed by atoms with E-state index in [1.165, 1.54) is 0 Å². The molecule has 1 aromatic carbocycles. The zero-order chi connectivity index (χ0) is 20.6. The fraction of sp³-hybridized carbons (Fsp3) is 0.591. The van der Waals surface area contributed by atoms with Gasteiger partial charge in [0, 0.05) is 19.4 Å². The van der Waals surface area contributed by atoms with Crippen molar-refractivity contribution in [3.63, 3.8) is 0 Å². The van der Waals surface area contributed by atoms with Crippen molar-refractivity contribution in [2.45, 2.75) is 71.3 Å².